The third-order valence-electron chi connectivity index (χ3n) is 4.66. The topological polar surface area (TPSA) is 28.9 Å². The fourth-order valence-corrected chi connectivity index (χ4v) is 3.27. The lowest BCUT2D eigenvalue weighted by Gasteiger charge is -2.25. The number of ether oxygens (including phenoxy) is 1. The van der Waals surface area contributed by atoms with Crippen molar-refractivity contribution in [1.82, 2.24) is 9.80 Å². The zero-order chi connectivity index (χ0) is 16.2. The second-order valence-corrected chi connectivity index (χ2v) is 6.47. The third-order valence-corrected chi connectivity index (χ3v) is 4.66. The third kappa shape index (κ3) is 3.95. The van der Waals surface area contributed by atoms with E-state index < -0.39 is 0 Å². The van der Waals surface area contributed by atoms with Gasteiger partial charge in [-0.05, 0) is 69.9 Å². The van der Waals surface area contributed by atoms with Gasteiger partial charge in [0.15, 0.2) is 0 Å². The van der Waals surface area contributed by atoms with E-state index in [1.165, 1.54) is 19.4 Å². The number of methoxy groups -OCH3 is 1. The summed E-state index contributed by atoms with van der Waals surface area (Å²) >= 11 is 0. The van der Waals surface area contributed by atoms with Crippen LogP contribution in [-0.4, -0.2) is 50.1 Å². The molecule has 2 heterocycles. The Balaban J connectivity index is 1.60. The first-order valence-corrected chi connectivity index (χ1v) is 8.27. The van der Waals surface area contributed by atoms with Crippen molar-refractivity contribution in [2.24, 2.45) is 0 Å². The minimum absolute atomic E-state index is 0.677. The van der Waals surface area contributed by atoms with Gasteiger partial charge in [-0.2, -0.15) is 0 Å². The maximum absolute atomic E-state index is 6.01. The van der Waals surface area contributed by atoms with Crippen LogP contribution in [-0.2, 0) is 6.54 Å². The van der Waals surface area contributed by atoms with Crippen molar-refractivity contribution >= 4 is 0 Å². The molecular weight excluding hydrogens is 288 g/mol. The van der Waals surface area contributed by atoms with Gasteiger partial charge in [-0.15, -0.1) is 0 Å². The number of nitrogens with zero attached hydrogens (tertiary/aromatic N) is 2. The highest BCUT2D eigenvalue weighted by Gasteiger charge is 2.22. The molecule has 0 saturated carbocycles. The lowest BCUT2D eigenvalue weighted by atomic mass is 10.2. The molecule has 1 fully saturated rings. The first kappa shape index (κ1) is 16.1. The average molecular weight is 314 g/mol. The Labute approximate surface area is 138 Å². The van der Waals surface area contributed by atoms with Crippen LogP contribution < -0.4 is 4.74 Å². The number of likely N-dealkylation sites (N-methyl/N-ethyl adjacent to an activating group) is 2. The summed E-state index contributed by atoms with van der Waals surface area (Å²) in [6.07, 6.45) is 2.62. The molecule has 4 heteroatoms. The molecule has 1 aromatic heterocycles. The van der Waals surface area contributed by atoms with E-state index in [1.807, 2.05) is 30.3 Å². The minimum Gasteiger partial charge on any atom is -0.497 e. The van der Waals surface area contributed by atoms with Crippen LogP contribution in [0.4, 0.5) is 0 Å². The SMILES string of the molecule is COc1ccc(-c2ccc(CN(C)C[C@H]3CCCN3C)o2)cc1. The summed E-state index contributed by atoms with van der Waals surface area (Å²) in [4.78, 5) is 4.81. The summed E-state index contributed by atoms with van der Waals surface area (Å²) in [6.45, 7) is 3.16. The van der Waals surface area contributed by atoms with E-state index in [0.29, 0.717) is 6.04 Å². The molecule has 0 aliphatic carbocycles. The van der Waals surface area contributed by atoms with Gasteiger partial charge in [-0.1, -0.05) is 0 Å². The molecule has 1 aliphatic heterocycles. The summed E-state index contributed by atoms with van der Waals surface area (Å²) in [5.41, 5.74) is 1.08. The molecule has 0 amide bonds. The van der Waals surface area contributed by atoms with Crippen molar-refractivity contribution in [3.05, 3.63) is 42.2 Å². The van der Waals surface area contributed by atoms with Crippen LogP contribution in [0.2, 0.25) is 0 Å². The fourth-order valence-electron chi connectivity index (χ4n) is 3.27. The zero-order valence-electron chi connectivity index (χ0n) is 14.3. The van der Waals surface area contributed by atoms with Crippen molar-refractivity contribution in [3.8, 4) is 17.1 Å². The highest BCUT2D eigenvalue weighted by molar-refractivity contribution is 5.58. The average Bonchev–Trinajstić information content (AvgIpc) is 3.17. The lowest BCUT2D eigenvalue weighted by Crippen LogP contribution is -2.36. The van der Waals surface area contributed by atoms with Crippen molar-refractivity contribution in [2.45, 2.75) is 25.4 Å². The standard InChI is InChI=1S/C19H26N2O2/c1-20(13-16-5-4-12-21(16)2)14-18-10-11-19(23-18)15-6-8-17(22-3)9-7-15/h6-11,16H,4-5,12-14H2,1-3H3/t16-/m1/s1. The largest absolute Gasteiger partial charge is 0.497 e. The summed E-state index contributed by atoms with van der Waals surface area (Å²) < 4.78 is 11.2. The number of rotatable bonds is 6. The van der Waals surface area contributed by atoms with Crippen LogP contribution in [0.15, 0.2) is 40.8 Å². The second kappa shape index (κ2) is 7.20. The smallest absolute Gasteiger partial charge is 0.134 e. The molecule has 0 bridgehead atoms. The Morgan fingerprint density at radius 1 is 1.22 bits per heavy atom. The monoisotopic (exact) mass is 314 g/mol. The van der Waals surface area contributed by atoms with Crippen molar-refractivity contribution in [3.63, 3.8) is 0 Å². The maximum atomic E-state index is 6.01. The van der Waals surface area contributed by atoms with Gasteiger partial charge in [0.2, 0.25) is 0 Å². The molecule has 0 unspecified atom stereocenters. The number of hydrogen-bond donors (Lipinski definition) is 0. The van der Waals surface area contributed by atoms with E-state index in [0.717, 1.165) is 35.9 Å². The maximum Gasteiger partial charge on any atom is 0.134 e. The molecule has 4 nitrogen and oxygen atoms in total. The van der Waals surface area contributed by atoms with E-state index in [2.05, 4.69) is 30.0 Å². The first-order valence-electron chi connectivity index (χ1n) is 8.27. The van der Waals surface area contributed by atoms with E-state index in [-0.39, 0.29) is 0 Å². The van der Waals surface area contributed by atoms with Crippen LogP contribution in [0.25, 0.3) is 11.3 Å². The van der Waals surface area contributed by atoms with E-state index in [4.69, 9.17) is 9.15 Å². The molecular formula is C19H26N2O2. The number of likely N-dealkylation sites (tertiary alicyclic amines) is 1. The van der Waals surface area contributed by atoms with Crippen LogP contribution >= 0.6 is 0 Å². The van der Waals surface area contributed by atoms with Gasteiger partial charge in [0.25, 0.3) is 0 Å². The van der Waals surface area contributed by atoms with Gasteiger partial charge in [0, 0.05) is 18.2 Å². The van der Waals surface area contributed by atoms with E-state index in [1.54, 1.807) is 7.11 Å². The molecule has 23 heavy (non-hydrogen) atoms. The van der Waals surface area contributed by atoms with Crippen molar-refractivity contribution < 1.29 is 9.15 Å². The highest BCUT2D eigenvalue weighted by atomic mass is 16.5. The molecule has 1 saturated heterocycles. The van der Waals surface area contributed by atoms with Gasteiger partial charge in [-0.25, -0.2) is 0 Å². The number of hydrogen-bond acceptors (Lipinski definition) is 4. The lowest BCUT2D eigenvalue weighted by molar-refractivity contribution is 0.206. The summed E-state index contributed by atoms with van der Waals surface area (Å²) in [5.74, 6) is 2.79. The van der Waals surface area contributed by atoms with Gasteiger partial charge in [0.1, 0.15) is 17.3 Å². The molecule has 0 N–H and O–H groups in total. The van der Waals surface area contributed by atoms with Crippen LogP contribution in [0.1, 0.15) is 18.6 Å². The highest BCUT2D eigenvalue weighted by Crippen LogP contribution is 2.25. The number of furan rings is 1. The normalized spacial score (nSPS) is 18.7. The molecule has 0 spiro atoms. The number of benzene rings is 1. The zero-order valence-corrected chi connectivity index (χ0v) is 14.3. The molecule has 1 aromatic carbocycles. The predicted octanol–water partition coefficient (Wildman–Crippen LogP) is 3.48. The van der Waals surface area contributed by atoms with Crippen molar-refractivity contribution in [2.75, 3.05) is 34.3 Å². The molecule has 1 aliphatic rings. The Morgan fingerprint density at radius 2 is 2.00 bits per heavy atom. The van der Waals surface area contributed by atoms with Gasteiger partial charge < -0.3 is 14.1 Å². The summed E-state index contributed by atoms with van der Waals surface area (Å²) in [7, 11) is 6.07. The quantitative estimate of drug-likeness (QED) is 0.816. The Bertz CT molecular complexity index is 621. The first-order chi connectivity index (χ1) is 11.2. The van der Waals surface area contributed by atoms with Gasteiger partial charge in [-0.3, -0.25) is 4.90 Å². The molecule has 1 atom stereocenters. The predicted molar refractivity (Wildman–Crippen MR) is 92.7 cm³/mol. The Hall–Kier alpha value is -1.78. The van der Waals surface area contributed by atoms with Gasteiger partial charge in [0.05, 0.1) is 13.7 Å². The molecule has 2 aromatic rings. The van der Waals surface area contributed by atoms with E-state index in [9.17, 15) is 0 Å². The molecule has 0 radical (unpaired) electrons. The molecule has 124 valence electrons. The minimum atomic E-state index is 0.677. The second-order valence-electron chi connectivity index (χ2n) is 6.47. The molecule has 3 rings (SSSR count). The summed E-state index contributed by atoms with van der Waals surface area (Å²) in [6, 6.07) is 12.8. The Morgan fingerprint density at radius 3 is 2.65 bits per heavy atom. The van der Waals surface area contributed by atoms with Gasteiger partial charge >= 0.3 is 0 Å². The Kier molecular flexibility index (Phi) is 5.03. The summed E-state index contributed by atoms with van der Waals surface area (Å²) in [5, 5.41) is 0. The van der Waals surface area contributed by atoms with E-state index >= 15 is 0 Å². The van der Waals surface area contributed by atoms with Crippen LogP contribution in [0, 0.1) is 0 Å². The van der Waals surface area contributed by atoms with Crippen LogP contribution in [0.3, 0.4) is 0 Å². The van der Waals surface area contributed by atoms with Crippen LogP contribution in [0.5, 0.6) is 5.75 Å². The van der Waals surface area contributed by atoms with Crippen molar-refractivity contribution in [1.29, 1.82) is 0 Å². The fraction of sp³-hybridized carbons (Fsp3) is 0.474.